The van der Waals surface area contributed by atoms with E-state index < -0.39 is 0 Å². The van der Waals surface area contributed by atoms with Gasteiger partial charge in [0.05, 0.1) is 0 Å². The number of hydrogen-bond donors (Lipinski definition) is 3. The third-order valence-electron chi connectivity index (χ3n) is 2.55. The minimum Gasteiger partial charge on any atom is -0.355 e. The van der Waals surface area contributed by atoms with Gasteiger partial charge in [-0.05, 0) is 31.5 Å². The number of amides is 1. The molecule has 104 valence electrons. The Morgan fingerprint density at radius 1 is 1.26 bits per heavy atom. The molecular formula is C14H22N4O. The van der Waals surface area contributed by atoms with Gasteiger partial charge in [0.2, 0.25) is 0 Å². The second-order valence-electron chi connectivity index (χ2n) is 4.50. The van der Waals surface area contributed by atoms with E-state index in [9.17, 15) is 4.79 Å². The van der Waals surface area contributed by atoms with Crippen molar-refractivity contribution in [3.05, 3.63) is 35.4 Å². The van der Waals surface area contributed by atoms with Crippen molar-refractivity contribution in [3.8, 4) is 0 Å². The molecule has 0 fully saturated rings. The molecule has 0 spiro atoms. The summed E-state index contributed by atoms with van der Waals surface area (Å²) in [5.41, 5.74) is 1.76. The largest absolute Gasteiger partial charge is 0.355 e. The van der Waals surface area contributed by atoms with Gasteiger partial charge in [-0.25, -0.2) is 0 Å². The number of nitrogens with zero attached hydrogens (tertiary/aromatic N) is 1. The van der Waals surface area contributed by atoms with Crippen molar-refractivity contribution in [2.24, 2.45) is 4.99 Å². The molecule has 0 aromatic heterocycles. The lowest BCUT2D eigenvalue weighted by Crippen LogP contribution is -2.40. The van der Waals surface area contributed by atoms with Crippen molar-refractivity contribution in [1.29, 1.82) is 0 Å². The number of aliphatic imine (C=N–C) groups is 1. The molecule has 19 heavy (non-hydrogen) atoms. The van der Waals surface area contributed by atoms with Crippen LogP contribution in [0, 0.1) is 0 Å². The molecule has 1 amide bonds. The van der Waals surface area contributed by atoms with Crippen LogP contribution in [0.15, 0.2) is 29.3 Å². The van der Waals surface area contributed by atoms with Crippen molar-refractivity contribution in [3.63, 3.8) is 0 Å². The quantitative estimate of drug-likeness (QED) is 0.563. The van der Waals surface area contributed by atoms with E-state index in [1.165, 1.54) is 0 Å². The van der Waals surface area contributed by atoms with Gasteiger partial charge < -0.3 is 16.0 Å². The van der Waals surface area contributed by atoms with E-state index in [0.717, 1.165) is 11.5 Å². The Balaban J connectivity index is 2.56. The number of nitrogens with one attached hydrogen (secondary N) is 3. The highest BCUT2D eigenvalue weighted by atomic mass is 16.1. The van der Waals surface area contributed by atoms with E-state index >= 15 is 0 Å². The molecule has 0 unspecified atom stereocenters. The van der Waals surface area contributed by atoms with Crippen LogP contribution in [0.3, 0.4) is 0 Å². The third-order valence-corrected chi connectivity index (χ3v) is 2.55. The Morgan fingerprint density at radius 3 is 2.37 bits per heavy atom. The van der Waals surface area contributed by atoms with Crippen LogP contribution < -0.4 is 16.0 Å². The van der Waals surface area contributed by atoms with Crippen LogP contribution in [0.25, 0.3) is 0 Å². The number of carbonyl (C=O) groups excluding carboxylic acids is 1. The predicted octanol–water partition coefficient (Wildman–Crippen LogP) is 1.12. The van der Waals surface area contributed by atoms with Gasteiger partial charge in [-0.2, -0.15) is 0 Å². The molecule has 0 saturated heterocycles. The van der Waals surface area contributed by atoms with Crippen molar-refractivity contribution in [1.82, 2.24) is 16.0 Å². The van der Waals surface area contributed by atoms with Crippen molar-refractivity contribution in [2.45, 2.75) is 26.4 Å². The molecule has 5 nitrogen and oxygen atoms in total. The number of hydrogen-bond acceptors (Lipinski definition) is 2. The molecule has 0 saturated carbocycles. The van der Waals surface area contributed by atoms with E-state index in [1.807, 2.05) is 24.3 Å². The second kappa shape index (κ2) is 7.41. The maximum Gasteiger partial charge on any atom is 0.251 e. The zero-order valence-electron chi connectivity index (χ0n) is 11.9. The predicted molar refractivity (Wildman–Crippen MR) is 78.3 cm³/mol. The lowest BCUT2D eigenvalue weighted by Gasteiger charge is -2.14. The standard InChI is InChI=1S/C14H22N4O/c1-10(2)18-14(16-4)17-9-11-5-7-12(8-6-11)13(19)15-3/h5-8,10H,9H2,1-4H3,(H,15,19)(H2,16,17,18). The maximum absolute atomic E-state index is 11.4. The van der Waals surface area contributed by atoms with Gasteiger partial charge in [-0.1, -0.05) is 12.1 Å². The Morgan fingerprint density at radius 2 is 1.89 bits per heavy atom. The highest BCUT2D eigenvalue weighted by Crippen LogP contribution is 2.04. The molecule has 0 bridgehead atoms. The molecule has 0 heterocycles. The molecule has 1 aromatic carbocycles. The van der Waals surface area contributed by atoms with E-state index in [0.29, 0.717) is 18.2 Å². The third kappa shape index (κ3) is 4.99. The van der Waals surface area contributed by atoms with Gasteiger partial charge in [0.1, 0.15) is 0 Å². The van der Waals surface area contributed by atoms with E-state index in [2.05, 4.69) is 34.8 Å². The lowest BCUT2D eigenvalue weighted by molar-refractivity contribution is 0.0963. The Kier molecular flexibility index (Phi) is 5.85. The van der Waals surface area contributed by atoms with Crippen molar-refractivity contribution >= 4 is 11.9 Å². The highest BCUT2D eigenvalue weighted by Gasteiger charge is 2.03. The Hall–Kier alpha value is -2.04. The summed E-state index contributed by atoms with van der Waals surface area (Å²) in [6.07, 6.45) is 0. The van der Waals surface area contributed by atoms with Gasteiger partial charge in [0.25, 0.3) is 5.91 Å². The average molecular weight is 262 g/mol. The number of rotatable bonds is 4. The zero-order chi connectivity index (χ0) is 14.3. The molecule has 0 aliphatic carbocycles. The molecule has 3 N–H and O–H groups in total. The summed E-state index contributed by atoms with van der Waals surface area (Å²) in [5.74, 6) is 0.696. The van der Waals surface area contributed by atoms with Gasteiger partial charge >= 0.3 is 0 Å². The maximum atomic E-state index is 11.4. The van der Waals surface area contributed by atoms with Crippen LogP contribution in [-0.2, 0) is 6.54 Å². The van der Waals surface area contributed by atoms with Gasteiger partial charge in [-0.15, -0.1) is 0 Å². The summed E-state index contributed by atoms with van der Waals surface area (Å²) >= 11 is 0. The summed E-state index contributed by atoms with van der Waals surface area (Å²) in [5, 5.41) is 9.03. The molecule has 1 rings (SSSR count). The van der Waals surface area contributed by atoms with Crippen LogP contribution >= 0.6 is 0 Å². The molecule has 0 atom stereocenters. The minimum atomic E-state index is -0.0724. The topological polar surface area (TPSA) is 65.5 Å². The highest BCUT2D eigenvalue weighted by molar-refractivity contribution is 5.93. The second-order valence-corrected chi connectivity index (χ2v) is 4.50. The summed E-state index contributed by atoms with van der Waals surface area (Å²) in [7, 11) is 3.37. The Bertz CT molecular complexity index is 437. The first kappa shape index (κ1) is 15.0. The number of carbonyl (C=O) groups is 1. The summed E-state index contributed by atoms with van der Waals surface area (Å²) < 4.78 is 0. The fraction of sp³-hybridized carbons (Fsp3) is 0.429. The van der Waals surface area contributed by atoms with Crippen molar-refractivity contribution in [2.75, 3.05) is 14.1 Å². The van der Waals surface area contributed by atoms with Crippen LogP contribution in [0.2, 0.25) is 0 Å². The van der Waals surface area contributed by atoms with Crippen LogP contribution in [-0.4, -0.2) is 32.0 Å². The van der Waals surface area contributed by atoms with Gasteiger partial charge in [0, 0.05) is 32.2 Å². The average Bonchev–Trinajstić information content (AvgIpc) is 2.42. The summed E-state index contributed by atoms with van der Waals surface area (Å²) in [6.45, 7) is 4.79. The SMILES string of the molecule is CN=C(NCc1ccc(C(=O)NC)cc1)NC(C)C. The van der Waals surface area contributed by atoms with E-state index in [1.54, 1.807) is 14.1 Å². The fourth-order valence-corrected chi connectivity index (χ4v) is 1.57. The smallest absolute Gasteiger partial charge is 0.251 e. The summed E-state index contributed by atoms with van der Waals surface area (Å²) in [6, 6.07) is 7.82. The fourth-order valence-electron chi connectivity index (χ4n) is 1.57. The van der Waals surface area contributed by atoms with E-state index in [4.69, 9.17) is 0 Å². The Labute approximate surface area is 114 Å². The van der Waals surface area contributed by atoms with Crippen molar-refractivity contribution < 1.29 is 4.79 Å². The van der Waals surface area contributed by atoms with Crippen LogP contribution in [0.4, 0.5) is 0 Å². The molecule has 5 heteroatoms. The first-order chi connectivity index (χ1) is 9.06. The molecule has 0 aliphatic rings. The first-order valence-corrected chi connectivity index (χ1v) is 6.35. The first-order valence-electron chi connectivity index (χ1n) is 6.35. The van der Waals surface area contributed by atoms with Crippen LogP contribution in [0.1, 0.15) is 29.8 Å². The monoisotopic (exact) mass is 262 g/mol. The minimum absolute atomic E-state index is 0.0724. The molecule has 1 aromatic rings. The van der Waals surface area contributed by atoms with E-state index in [-0.39, 0.29) is 5.91 Å². The van der Waals surface area contributed by atoms with Gasteiger partial charge in [-0.3, -0.25) is 9.79 Å². The van der Waals surface area contributed by atoms with Crippen LogP contribution in [0.5, 0.6) is 0 Å². The summed E-state index contributed by atoms with van der Waals surface area (Å²) in [4.78, 5) is 15.5. The number of benzene rings is 1. The normalized spacial score (nSPS) is 11.3. The lowest BCUT2D eigenvalue weighted by atomic mass is 10.1. The zero-order valence-corrected chi connectivity index (χ0v) is 11.9. The number of guanidine groups is 1. The molecule has 0 radical (unpaired) electrons. The molecule has 0 aliphatic heterocycles. The molecular weight excluding hydrogens is 240 g/mol. The van der Waals surface area contributed by atoms with Gasteiger partial charge in [0.15, 0.2) is 5.96 Å².